The fraction of sp³-hybridized carbons (Fsp3) is 0.929. The van der Waals surface area contributed by atoms with E-state index in [4.69, 9.17) is 5.73 Å². The highest BCUT2D eigenvalue weighted by Crippen LogP contribution is 2.25. The van der Waals surface area contributed by atoms with Crippen LogP contribution in [0.2, 0.25) is 0 Å². The van der Waals surface area contributed by atoms with Crippen LogP contribution in [0.5, 0.6) is 0 Å². The van der Waals surface area contributed by atoms with Crippen LogP contribution in [0.3, 0.4) is 0 Å². The number of rotatable bonds is 4. The van der Waals surface area contributed by atoms with Crippen molar-refractivity contribution in [2.24, 2.45) is 17.1 Å². The second-order valence-corrected chi connectivity index (χ2v) is 6.78. The molecule has 108 valence electrons. The quantitative estimate of drug-likeness (QED) is 0.830. The number of hydrogen-bond donors (Lipinski definition) is 2. The average molecular weight is 277 g/mol. The molecule has 1 amide bonds. The minimum atomic E-state index is 0. The summed E-state index contributed by atoms with van der Waals surface area (Å²) in [7, 11) is 0. The topological polar surface area (TPSA) is 55.1 Å². The van der Waals surface area contributed by atoms with E-state index in [9.17, 15) is 4.79 Å². The van der Waals surface area contributed by atoms with E-state index in [1.54, 1.807) is 0 Å². The number of halogens is 1. The number of amides is 1. The SMILES string of the molecule is CC(CCC(C)(C)C)NC(=O)C1CCC(N)C1.Cl. The summed E-state index contributed by atoms with van der Waals surface area (Å²) in [6.45, 7) is 8.80. The number of carbonyl (C=O) groups excluding carboxylic acids is 1. The van der Waals surface area contributed by atoms with Crippen LogP contribution in [-0.2, 0) is 4.79 Å². The van der Waals surface area contributed by atoms with Crippen molar-refractivity contribution in [3.63, 3.8) is 0 Å². The van der Waals surface area contributed by atoms with Gasteiger partial charge in [-0.2, -0.15) is 0 Å². The van der Waals surface area contributed by atoms with Gasteiger partial charge in [0, 0.05) is 18.0 Å². The van der Waals surface area contributed by atoms with Gasteiger partial charge in [0.05, 0.1) is 0 Å². The minimum Gasteiger partial charge on any atom is -0.353 e. The Hall–Kier alpha value is -0.280. The van der Waals surface area contributed by atoms with Crippen LogP contribution in [0.4, 0.5) is 0 Å². The first-order valence-corrected chi connectivity index (χ1v) is 6.84. The third-order valence-corrected chi connectivity index (χ3v) is 3.56. The summed E-state index contributed by atoms with van der Waals surface area (Å²) in [4.78, 5) is 12.0. The Morgan fingerprint density at radius 3 is 2.44 bits per heavy atom. The Bertz CT molecular complexity index is 263. The summed E-state index contributed by atoms with van der Waals surface area (Å²) >= 11 is 0. The molecule has 0 heterocycles. The van der Waals surface area contributed by atoms with E-state index < -0.39 is 0 Å². The van der Waals surface area contributed by atoms with Gasteiger partial charge in [0.1, 0.15) is 0 Å². The molecule has 3 nitrogen and oxygen atoms in total. The van der Waals surface area contributed by atoms with Crippen LogP contribution in [0.15, 0.2) is 0 Å². The van der Waals surface area contributed by atoms with Gasteiger partial charge < -0.3 is 11.1 Å². The monoisotopic (exact) mass is 276 g/mol. The number of hydrogen-bond acceptors (Lipinski definition) is 2. The molecule has 3 unspecified atom stereocenters. The fourth-order valence-corrected chi connectivity index (χ4v) is 2.34. The third kappa shape index (κ3) is 6.60. The summed E-state index contributed by atoms with van der Waals surface area (Å²) < 4.78 is 0. The van der Waals surface area contributed by atoms with Crippen LogP contribution in [0.1, 0.15) is 59.8 Å². The van der Waals surface area contributed by atoms with Gasteiger partial charge in [-0.15, -0.1) is 12.4 Å². The van der Waals surface area contributed by atoms with E-state index in [2.05, 4.69) is 33.0 Å². The number of carbonyl (C=O) groups is 1. The Labute approximate surface area is 118 Å². The molecule has 4 heteroatoms. The van der Waals surface area contributed by atoms with Gasteiger partial charge in [0.25, 0.3) is 0 Å². The predicted molar refractivity (Wildman–Crippen MR) is 78.9 cm³/mol. The third-order valence-electron chi connectivity index (χ3n) is 3.56. The molecule has 1 saturated carbocycles. The summed E-state index contributed by atoms with van der Waals surface area (Å²) in [5.41, 5.74) is 6.17. The van der Waals surface area contributed by atoms with Gasteiger partial charge in [-0.3, -0.25) is 4.79 Å². The molecule has 1 aliphatic rings. The molecule has 0 radical (unpaired) electrons. The molecule has 0 saturated heterocycles. The normalized spacial score (nSPS) is 25.4. The van der Waals surface area contributed by atoms with Crippen molar-refractivity contribution in [2.75, 3.05) is 0 Å². The highest BCUT2D eigenvalue weighted by Gasteiger charge is 2.28. The van der Waals surface area contributed by atoms with Gasteiger partial charge in [-0.05, 0) is 44.4 Å². The van der Waals surface area contributed by atoms with Crippen molar-refractivity contribution in [3.05, 3.63) is 0 Å². The zero-order valence-corrected chi connectivity index (χ0v) is 13.0. The standard InChI is InChI=1S/C14H28N2O.ClH/c1-10(7-8-14(2,3)4)16-13(17)11-5-6-12(15)9-11;/h10-12H,5-9,15H2,1-4H3,(H,16,17);1H. The van der Waals surface area contributed by atoms with E-state index in [0.29, 0.717) is 5.41 Å². The van der Waals surface area contributed by atoms with Crippen LogP contribution in [-0.4, -0.2) is 18.0 Å². The fourth-order valence-electron chi connectivity index (χ4n) is 2.34. The van der Waals surface area contributed by atoms with Gasteiger partial charge in [0.2, 0.25) is 5.91 Å². The summed E-state index contributed by atoms with van der Waals surface area (Å²) in [6.07, 6.45) is 5.00. The summed E-state index contributed by atoms with van der Waals surface area (Å²) in [5, 5.41) is 3.12. The van der Waals surface area contributed by atoms with E-state index >= 15 is 0 Å². The van der Waals surface area contributed by atoms with Crippen molar-refractivity contribution in [2.45, 2.75) is 71.9 Å². The molecular weight excluding hydrogens is 248 g/mol. The largest absolute Gasteiger partial charge is 0.353 e. The molecule has 0 aromatic carbocycles. The van der Waals surface area contributed by atoms with Gasteiger partial charge >= 0.3 is 0 Å². The van der Waals surface area contributed by atoms with Crippen LogP contribution < -0.4 is 11.1 Å². The lowest BCUT2D eigenvalue weighted by molar-refractivity contribution is -0.125. The van der Waals surface area contributed by atoms with Crippen molar-refractivity contribution in [1.29, 1.82) is 0 Å². The number of nitrogens with two attached hydrogens (primary N) is 1. The van der Waals surface area contributed by atoms with Crippen LogP contribution in [0.25, 0.3) is 0 Å². The van der Waals surface area contributed by atoms with E-state index in [1.807, 2.05) is 0 Å². The Kier molecular flexibility index (Phi) is 7.23. The first-order valence-electron chi connectivity index (χ1n) is 6.84. The van der Waals surface area contributed by atoms with E-state index in [1.165, 1.54) is 0 Å². The van der Waals surface area contributed by atoms with Crippen molar-refractivity contribution < 1.29 is 4.79 Å². The molecule has 0 bridgehead atoms. The molecule has 1 rings (SSSR count). The first kappa shape index (κ1) is 17.7. The second kappa shape index (κ2) is 7.34. The molecular formula is C14H29ClN2O. The smallest absolute Gasteiger partial charge is 0.223 e. The molecule has 1 fully saturated rings. The molecule has 0 aromatic rings. The molecule has 0 aromatic heterocycles. The molecule has 0 aliphatic heterocycles. The minimum absolute atomic E-state index is 0. The molecule has 3 N–H and O–H groups in total. The Morgan fingerprint density at radius 2 is 2.00 bits per heavy atom. The number of nitrogens with one attached hydrogen (secondary N) is 1. The van der Waals surface area contributed by atoms with Gasteiger partial charge in [-0.25, -0.2) is 0 Å². The molecule has 1 aliphatic carbocycles. The van der Waals surface area contributed by atoms with Crippen molar-refractivity contribution >= 4 is 18.3 Å². The lowest BCUT2D eigenvalue weighted by Gasteiger charge is -2.22. The van der Waals surface area contributed by atoms with Gasteiger partial charge in [-0.1, -0.05) is 20.8 Å². The molecule has 18 heavy (non-hydrogen) atoms. The Balaban J connectivity index is 0.00000289. The van der Waals surface area contributed by atoms with Crippen molar-refractivity contribution in [1.82, 2.24) is 5.32 Å². The van der Waals surface area contributed by atoms with Crippen LogP contribution in [0, 0.1) is 11.3 Å². The Morgan fingerprint density at radius 1 is 1.39 bits per heavy atom. The highest BCUT2D eigenvalue weighted by molar-refractivity contribution is 5.85. The maximum atomic E-state index is 12.0. The summed E-state index contributed by atoms with van der Waals surface area (Å²) in [5.74, 6) is 0.362. The lowest BCUT2D eigenvalue weighted by Crippen LogP contribution is -2.37. The molecule has 0 spiro atoms. The average Bonchev–Trinajstić information content (AvgIpc) is 2.61. The van der Waals surface area contributed by atoms with Crippen LogP contribution >= 0.6 is 12.4 Å². The first-order chi connectivity index (χ1) is 7.78. The molecule has 3 atom stereocenters. The predicted octanol–water partition coefficient (Wildman–Crippen LogP) is 2.87. The van der Waals surface area contributed by atoms with Gasteiger partial charge in [0.15, 0.2) is 0 Å². The van der Waals surface area contributed by atoms with E-state index in [0.717, 1.165) is 32.1 Å². The van der Waals surface area contributed by atoms with E-state index in [-0.39, 0.29) is 36.3 Å². The van der Waals surface area contributed by atoms with Crippen molar-refractivity contribution in [3.8, 4) is 0 Å². The maximum Gasteiger partial charge on any atom is 0.223 e. The highest BCUT2D eigenvalue weighted by atomic mass is 35.5. The summed E-state index contributed by atoms with van der Waals surface area (Å²) in [6, 6.07) is 0.509. The maximum absolute atomic E-state index is 12.0. The second-order valence-electron chi connectivity index (χ2n) is 6.78. The zero-order valence-electron chi connectivity index (χ0n) is 12.2. The lowest BCUT2D eigenvalue weighted by atomic mass is 9.89. The zero-order chi connectivity index (χ0) is 13.1.